The van der Waals surface area contributed by atoms with Crippen LogP contribution in [0.3, 0.4) is 0 Å². The molecule has 0 aliphatic rings. The molecule has 102 valence electrons. The fourth-order valence-corrected chi connectivity index (χ4v) is 3.13. The largest absolute Gasteiger partial charge is 0.478 e. The molecule has 0 amide bonds. The summed E-state index contributed by atoms with van der Waals surface area (Å²) in [5, 5.41) is 12.7. The second kappa shape index (κ2) is 5.09. The highest BCUT2D eigenvalue weighted by Gasteiger charge is 2.18. The first-order valence-electron chi connectivity index (χ1n) is 5.72. The summed E-state index contributed by atoms with van der Waals surface area (Å²) >= 11 is 13.2. The Morgan fingerprint density at radius 2 is 2.05 bits per heavy atom. The zero-order chi connectivity index (χ0) is 14.3. The zero-order valence-electron chi connectivity index (χ0n) is 10.1. The van der Waals surface area contributed by atoms with Gasteiger partial charge in [-0.2, -0.15) is 8.97 Å². The lowest BCUT2D eigenvalue weighted by atomic mass is 10.2. The lowest BCUT2D eigenvalue weighted by molar-refractivity contribution is -0.670. The molecule has 1 N–H and O–H groups in total. The van der Waals surface area contributed by atoms with Crippen molar-refractivity contribution in [1.29, 1.82) is 0 Å². The Morgan fingerprint density at radius 3 is 2.80 bits per heavy atom. The number of fused-ring (bicyclic) bond motifs is 1. The van der Waals surface area contributed by atoms with Crippen LogP contribution >= 0.6 is 34.5 Å². The average Bonchev–Trinajstić information content (AvgIpc) is 2.88. The Balaban J connectivity index is 2.12. The number of thiazole rings is 1. The van der Waals surface area contributed by atoms with Crippen LogP contribution in [0.25, 0.3) is 4.96 Å². The number of hydrogen-bond donors (Lipinski definition) is 1. The van der Waals surface area contributed by atoms with Crippen LogP contribution in [0.15, 0.2) is 40.6 Å². The molecule has 0 radical (unpaired) electrons. The van der Waals surface area contributed by atoms with Crippen molar-refractivity contribution in [3.05, 3.63) is 61.8 Å². The van der Waals surface area contributed by atoms with Crippen molar-refractivity contribution in [2.75, 3.05) is 0 Å². The lowest BCUT2D eigenvalue weighted by Gasteiger charge is -2.04. The molecule has 0 atom stereocenters. The molecule has 3 aromatic rings. The molecule has 7 heteroatoms. The van der Waals surface area contributed by atoms with Crippen molar-refractivity contribution in [3.8, 4) is 5.88 Å². The van der Waals surface area contributed by atoms with E-state index in [1.165, 1.54) is 21.8 Å². The molecule has 20 heavy (non-hydrogen) atoms. The molecule has 2 heterocycles. The van der Waals surface area contributed by atoms with E-state index in [-0.39, 0.29) is 11.4 Å². The summed E-state index contributed by atoms with van der Waals surface area (Å²) in [6, 6.07) is 6.47. The van der Waals surface area contributed by atoms with Gasteiger partial charge in [0.1, 0.15) is 18.8 Å². The maximum absolute atomic E-state index is 11.7. The van der Waals surface area contributed by atoms with Gasteiger partial charge in [0.15, 0.2) is 0 Å². The van der Waals surface area contributed by atoms with E-state index >= 15 is 0 Å². The minimum atomic E-state index is -0.260. The van der Waals surface area contributed by atoms with Crippen molar-refractivity contribution in [1.82, 2.24) is 4.40 Å². The van der Waals surface area contributed by atoms with Gasteiger partial charge in [-0.3, -0.25) is 0 Å². The molecular formula is C13H9Cl2N2O2S+. The Labute approximate surface area is 128 Å². The Hall–Kier alpha value is -1.56. The first-order chi connectivity index (χ1) is 9.56. The lowest BCUT2D eigenvalue weighted by Crippen LogP contribution is -2.38. The Morgan fingerprint density at radius 1 is 1.25 bits per heavy atom. The molecule has 0 saturated heterocycles. The molecule has 0 bridgehead atoms. The van der Waals surface area contributed by atoms with Crippen LogP contribution in [0.2, 0.25) is 10.0 Å². The normalized spacial score (nSPS) is 11.1. The van der Waals surface area contributed by atoms with Crippen LogP contribution < -0.4 is 10.1 Å². The summed E-state index contributed by atoms with van der Waals surface area (Å²) in [6.07, 6.45) is 1.67. The van der Waals surface area contributed by atoms with Crippen LogP contribution in [0.5, 0.6) is 5.88 Å². The van der Waals surface area contributed by atoms with Gasteiger partial charge >= 0.3 is 10.5 Å². The first kappa shape index (κ1) is 13.4. The average molecular weight is 328 g/mol. The van der Waals surface area contributed by atoms with Crippen LogP contribution in [0.4, 0.5) is 0 Å². The van der Waals surface area contributed by atoms with Gasteiger partial charge in [0.2, 0.25) is 0 Å². The predicted molar refractivity (Wildman–Crippen MR) is 79.0 cm³/mol. The standard InChI is InChI=1S/C13H8Cl2N2O2S/c14-9-2-1-8(5-10(9)15)7-17-12(19)6-11(18)16-3-4-20-13(16)17/h1-6H,7H2/p+1. The van der Waals surface area contributed by atoms with Gasteiger partial charge < -0.3 is 5.11 Å². The highest BCUT2D eigenvalue weighted by molar-refractivity contribution is 7.14. The Kier molecular flexibility index (Phi) is 3.41. The van der Waals surface area contributed by atoms with Crippen molar-refractivity contribution in [2.45, 2.75) is 6.54 Å². The molecule has 0 unspecified atom stereocenters. The molecule has 0 fully saturated rings. The fourth-order valence-electron chi connectivity index (χ4n) is 1.96. The summed E-state index contributed by atoms with van der Waals surface area (Å²) in [5.74, 6) is -0.0801. The summed E-state index contributed by atoms with van der Waals surface area (Å²) in [5.41, 5.74) is 0.623. The van der Waals surface area contributed by atoms with Crippen LogP contribution in [0.1, 0.15) is 5.56 Å². The zero-order valence-corrected chi connectivity index (χ0v) is 12.4. The SMILES string of the molecule is O=c1cc(O)[n+](Cc2ccc(Cl)c(Cl)c2)c2sccn12. The second-order valence-corrected chi connectivity index (χ2v) is 5.92. The van der Waals surface area contributed by atoms with E-state index in [1.807, 2.05) is 6.07 Å². The van der Waals surface area contributed by atoms with E-state index < -0.39 is 0 Å². The van der Waals surface area contributed by atoms with Crippen molar-refractivity contribution < 1.29 is 9.67 Å². The molecule has 2 aromatic heterocycles. The monoisotopic (exact) mass is 327 g/mol. The van der Waals surface area contributed by atoms with Gasteiger partial charge in [0, 0.05) is 5.38 Å². The third-order valence-electron chi connectivity index (χ3n) is 2.91. The summed E-state index contributed by atoms with van der Waals surface area (Å²) in [4.78, 5) is 12.4. The molecule has 4 nitrogen and oxygen atoms in total. The maximum atomic E-state index is 11.7. The van der Waals surface area contributed by atoms with Gasteiger partial charge in [-0.05, 0) is 17.7 Å². The van der Waals surface area contributed by atoms with Crippen LogP contribution in [-0.4, -0.2) is 9.51 Å². The van der Waals surface area contributed by atoms with Crippen LogP contribution in [-0.2, 0) is 6.54 Å². The van der Waals surface area contributed by atoms with E-state index in [4.69, 9.17) is 23.2 Å². The number of aromatic hydroxyl groups is 1. The number of hydrogen-bond acceptors (Lipinski definition) is 3. The van der Waals surface area contributed by atoms with E-state index in [1.54, 1.807) is 28.3 Å². The van der Waals surface area contributed by atoms with Gasteiger partial charge in [0.25, 0.3) is 5.88 Å². The second-order valence-electron chi connectivity index (χ2n) is 4.23. The van der Waals surface area contributed by atoms with Gasteiger partial charge in [-0.25, -0.2) is 4.79 Å². The number of benzene rings is 1. The summed E-state index contributed by atoms with van der Waals surface area (Å²) in [6.45, 7) is 0.396. The number of rotatable bonds is 2. The number of halogens is 2. The molecule has 0 spiro atoms. The molecule has 0 saturated carbocycles. The van der Waals surface area contributed by atoms with E-state index in [0.717, 1.165) is 5.56 Å². The smallest absolute Gasteiger partial charge is 0.351 e. The molecule has 3 rings (SSSR count). The summed E-state index contributed by atoms with van der Waals surface area (Å²) in [7, 11) is 0. The van der Waals surface area contributed by atoms with Gasteiger partial charge in [0.05, 0.1) is 10.0 Å². The molecular weight excluding hydrogens is 319 g/mol. The van der Waals surface area contributed by atoms with E-state index in [0.29, 0.717) is 21.6 Å². The van der Waals surface area contributed by atoms with E-state index in [9.17, 15) is 9.90 Å². The minimum Gasteiger partial charge on any atom is -0.478 e. The molecule has 0 aliphatic carbocycles. The first-order valence-corrected chi connectivity index (χ1v) is 7.35. The predicted octanol–water partition coefficient (Wildman–Crippen LogP) is 2.71. The third kappa shape index (κ3) is 2.28. The third-order valence-corrected chi connectivity index (χ3v) is 4.54. The van der Waals surface area contributed by atoms with Crippen LogP contribution in [0, 0.1) is 0 Å². The Bertz CT molecular complexity index is 857. The summed E-state index contributed by atoms with van der Waals surface area (Å²) < 4.78 is 3.13. The van der Waals surface area contributed by atoms with Gasteiger partial charge in [-0.15, -0.1) is 0 Å². The molecule has 1 aromatic carbocycles. The minimum absolute atomic E-state index is 0.0801. The van der Waals surface area contributed by atoms with Crippen molar-refractivity contribution >= 4 is 39.5 Å². The topological polar surface area (TPSA) is 45.6 Å². The van der Waals surface area contributed by atoms with E-state index in [2.05, 4.69) is 0 Å². The highest BCUT2D eigenvalue weighted by Crippen LogP contribution is 2.22. The quantitative estimate of drug-likeness (QED) is 0.735. The fraction of sp³-hybridized carbons (Fsp3) is 0.0769. The maximum Gasteiger partial charge on any atom is 0.351 e. The highest BCUT2D eigenvalue weighted by atomic mass is 35.5. The number of aromatic nitrogens is 2. The van der Waals surface area contributed by atoms with Crippen molar-refractivity contribution in [3.63, 3.8) is 0 Å². The number of nitrogens with zero attached hydrogens (tertiary/aromatic N) is 2. The van der Waals surface area contributed by atoms with Crippen molar-refractivity contribution in [2.24, 2.45) is 0 Å². The van der Waals surface area contributed by atoms with Gasteiger partial charge in [-0.1, -0.05) is 40.6 Å². The molecule has 0 aliphatic heterocycles.